The summed E-state index contributed by atoms with van der Waals surface area (Å²) in [5, 5.41) is 39.7. The number of hydrogen-bond donors (Lipinski definition) is 4. The minimum Gasteiger partial charge on any atom is -0.456 e. The lowest BCUT2D eigenvalue weighted by atomic mass is 9.46. The third kappa shape index (κ3) is 6.73. The highest BCUT2D eigenvalue weighted by Gasteiger charge is 2.76. The maximum atomic E-state index is 15.1. The number of hydrogen-bond acceptors (Lipinski definition) is 12. The van der Waals surface area contributed by atoms with E-state index in [0.717, 1.165) is 0 Å². The lowest BCUT2D eigenvalue weighted by Crippen LogP contribution is -2.80. The first kappa shape index (κ1) is 41.0. The molecule has 3 aromatic carbocycles. The van der Waals surface area contributed by atoms with Crippen molar-refractivity contribution >= 4 is 29.6 Å². The lowest BCUT2D eigenvalue weighted by Gasteiger charge is -2.66. The minimum absolute atomic E-state index is 0.0639. The largest absolute Gasteiger partial charge is 0.456 e. The van der Waals surface area contributed by atoms with Crippen LogP contribution in [0.2, 0.25) is 0 Å². The van der Waals surface area contributed by atoms with Gasteiger partial charge in [0.1, 0.15) is 29.7 Å². The van der Waals surface area contributed by atoms with E-state index in [0.29, 0.717) is 22.3 Å². The van der Waals surface area contributed by atoms with Gasteiger partial charge in [0.05, 0.1) is 35.6 Å². The van der Waals surface area contributed by atoms with Crippen LogP contribution in [0.1, 0.15) is 79.8 Å². The van der Waals surface area contributed by atoms with Gasteiger partial charge in [0.15, 0.2) is 11.7 Å². The summed E-state index contributed by atoms with van der Waals surface area (Å²) in [5.74, 6) is -6.88. The van der Waals surface area contributed by atoms with Crippen LogP contribution < -0.4 is 5.32 Å². The third-order valence-electron chi connectivity index (χ3n) is 13.1. The third-order valence-corrected chi connectivity index (χ3v) is 13.1. The summed E-state index contributed by atoms with van der Waals surface area (Å²) in [4.78, 5) is 69.5. The maximum absolute atomic E-state index is 15.1. The van der Waals surface area contributed by atoms with Crippen molar-refractivity contribution in [1.82, 2.24) is 5.32 Å². The molecule has 306 valence electrons. The molecule has 4 N–H and O–H groups in total. The highest BCUT2D eigenvalue weighted by molar-refractivity contribution is 5.95. The van der Waals surface area contributed by atoms with Crippen LogP contribution >= 0.6 is 0 Å². The highest BCUT2D eigenvalue weighted by Crippen LogP contribution is 2.62. The monoisotopic (exact) mass is 795 g/mol. The fourth-order valence-electron chi connectivity index (χ4n) is 10.0. The SMILES string of the molecule is CC(=O)O[C@@]12CO[C@@H]1C[C@H](O)[C@@]1(C)C(=O)[C@H](C)C3=C(C)C(OC(=O)[C@H](O)[C@@H](NC(=O)c4ccccc4)c4ccccc4)C[C@](O)([C@H]3C)[C@@H](OC(=O)c3ccccc3)[C@H]21. The van der Waals surface area contributed by atoms with Gasteiger partial charge in [0, 0.05) is 37.2 Å². The maximum Gasteiger partial charge on any atom is 0.338 e. The summed E-state index contributed by atoms with van der Waals surface area (Å²) in [5.41, 5.74) is -3.76. The average Bonchev–Trinajstić information content (AvgIpc) is 3.21. The van der Waals surface area contributed by atoms with E-state index >= 15 is 4.79 Å². The number of amides is 1. The number of nitrogens with one attached hydrogen (secondary N) is 1. The molecule has 58 heavy (non-hydrogen) atoms. The summed E-state index contributed by atoms with van der Waals surface area (Å²) >= 11 is 0. The number of carbonyl (C=O) groups excluding carboxylic acids is 5. The molecule has 2 bridgehead atoms. The molecule has 0 radical (unpaired) electrons. The molecule has 3 fully saturated rings. The second kappa shape index (κ2) is 15.5. The second-order valence-electron chi connectivity index (χ2n) is 16.3. The van der Waals surface area contributed by atoms with Gasteiger partial charge in [-0.05, 0) is 49.2 Å². The number of esters is 3. The Kier molecular flexibility index (Phi) is 11.0. The molecule has 2 saturated carbocycles. The van der Waals surface area contributed by atoms with Gasteiger partial charge >= 0.3 is 17.9 Å². The van der Waals surface area contributed by atoms with Gasteiger partial charge in [-0.2, -0.15) is 0 Å². The summed E-state index contributed by atoms with van der Waals surface area (Å²) in [7, 11) is 0. The Hall–Kier alpha value is -5.21. The standard InChI is InChI=1S/C45H49NO12/c1-24-31(56-42(53)36(49)35(28-15-9-6-10-16-28)46-40(51)29-17-11-7-12-18-29)22-44(54)26(3)34(24)25(2)38(50)43(5)32(48)21-33-45(23-55-33,58-27(4)47)37(43)39(44)57-41(52)30-19-13-8-14-20-30/h6-20,25-26,31-33,35-37,39,48-49,54H,21-23H2,1-5H3,(H,46,51)/t25-,26+,31?,32+,33-,35+,36-,37+,39+,43-,44+,45+/m1/s1. The topological polar surface area (TPSA) is 195 Å². The van der Waals surface area contributed by atoms with Crippen molar-refractivity contribution in [3.05, 3.63) is 119 Å². The van der Waals surface area contributed by atoms with E-state index in [-0.39, 0.29) is 25.0 Å². The molecule has 3 aromatic rings. The van der Waals surface area contributed by atoms with Crippen LogP contribution in [0.4, 0.5) is 0 Å². The van der Waals surface area contributed by atoms with Crippen LogP contribution in [0.25, 0.3) is 0 Å². The molecule has 1 heterocycles. The molecule has 1 unspecified atom stereocenters. The van der Waals surface area contributed by atoms with Crippen molar-refractivity contribution in [3.63, 3.8) is 0 Å². The van der Waals surface area contributed by atoms with Gasteiger partial charge in [-0.3, -0.25) is 14.4 Å². The number of ether oxygens (including phenoxy) is 4. The molecule has 3 aliphatic carbocycles. The van der Waals surface area contributed by atoms with Gasteiger partial charge in [0.25, 0.3) is 5.91 Å². The first-order valence-corrected chi connectivity index (χ1v) is 19.6. The average molecular weight is 796 g/mol. The summed E-state index contributed by atoms with van der Waals surface area (Å²) in [6, 6.07) is 23.5. The van der Waals surface area contributed by atoms with E-state index < -0.39 is 101 Å². The van der Waals surface area contributed by atoms with E-state index in [1.807, 2.05) is 0 Å². The van der Waals surface area contributed by atoms with Crippen molar-refractivity contribution in [2.45, 2.75) is 95.2 Å². The Labute approximate surface area is 336 Å². The minimum atomic E-state index is -2.12. The van der Waals surface area contributed by atoms with E-state index in [1.165, 1.54) is 19.1 Å². The van der Waals surface area contributed by atoms with Gasteiger partial charge in [-0.15, -0.1) is 0 Å². The normalized spacial score (nSPS) is 33.7. The number of Topliss-reactive ketones (excluding diaryl/α,β-unsaturated/α-hetero) is 1. The Morgan fingerprint density at radius 3 is 2.05 bits per heavy atom. The van der Waals surface area contributed by atoms with Crippen LogP contribution in [0.3, 0.4) is 0 Å². The number of ketones is 1. The number of rotatable bonds is 9. The van der Waals surface area contributed by atoms with Crippen molar-refractivity contribution < 1.29 is 58.2 Å². The van der Waals surface area contributed by atoms with Crippen LogP contribution in [0.15, 0.2) is 102 Å². The van der Waals surface area contributed by atoms with Crippen molar-refractivity contribution in [1.29, 1.82) is 0 Å². The smallest absolute Gasteiger partial charge is 0.338 e. The van der Waals surface area contributed by atoms with E-state index in [2.05, 4.69) is 5.32 Å². The molecule has 13 nitrogen and oxygen atoms in total. The van der Waals surface area contributed by atoms with Crippen LogP contribution in [-0.4, -0.2) is 93.2 Å². The zero-order chi connectivity index (χ0) is 41.7. The van der Waals surface area contributed by atoms with Gasteiger partial charge in [-0.25, -0.2) is 9.59 Å². The zero-order valence-electron chi connectivity index (χ0n) is 33.0. The first-order chi connectivity index (χ1) is 27.5. The Balaban J connectivity index is 1.32. The summed E-state index contributed by atoms with van der Waals surface area (Å²) < 4.78 is 24.4. The van der Waals surface area contributed by atoms with Gasteiger partial charge in [-0.1, -0.05) is 86.2 Å². The fraction of sp³-hybridized carbons (Fsp3) is 0.444. The summed E-state index contributed by atoms with van der Waals surface area (Å²) in [6.07, 6.45) is -7.55. The van der Waals surface area contributed by atoms with E-state index in [1.54, 1.807) is 107 Å². The molecule has 4 aliphatic rings. The lowest BCUT2D eigenvalue weighted by molar-refractivity contribution is -0.342. The van der Waals surface area contributed by atoms with Crippen LogP contribution in [0.5, 0.6) is 0 Å². The Morgan fingerprint density at radius 2 is 1.48 bits per heavy atom. The number of benzene rings is 3. The van der Waals surface area contributed by atoms with Crippen molar-refractivity contribution in [3.8, 4) is 0 Å². The first-order valence-electron chi connectivity index (χ1n) is 19.6. The molecule has 0 aromatic heterocycles. The van der Waals surface area contributed by atoms with Gasteiger partial charge < -0.3 is 39.6 Å². The van der Waals surface area contributed by atoms with E-state index in [4.69, 9.17) is 18.9 Å². The highest BCUT2D eigenvalue weighted by atomic mass is 16.6. The quantitative estimate of drug-likeness (QED) is 0.138. The predicted molar refractivity (Wildman–Crippen MR) is 207 cm³/mol. The number of aliphatic hydroxyl groups excluding tert-OH is 2. The molecule has 1 aliphatic heterocycles. The molecular formula is C45H49NO12. The zero-order valence-corrected chi connectivity index (χ0v) is 33.0. The van der Waals surface area contributed by atoms with E-state index in [9.17, 15) is 34.5 Å². The number of fused-ring (bicyclic) bond motifs is 5. The van der Waals surface area contributed by atoms with Gasteiger partial charge in [0.2, 0.25) is 0 Å². The molecule has 0 spiro atoms. The van der Waals surface area contributed by atoms with Crippen LogP contribution in [0, 0.1) is 23.2 Å². The molecule has 12 atom stereocenters. The fourth-order valence-corrected chi connectivity index (χ4v) is 10.0. The molecule has 1 saturated heterocycles. The van der Waals surface area contributed by atoms with Crippen LogP contribution in [-0.2, 0) is 33.3 Å². The predicted octanol–water partition coefficient (Wildman–Crippen LogP) is 4.05. The molecule has 7 rings (SSSR count). The second-order valence-corrected chi connectivity index (χ2v) is 16.3. The Bertz CT molecular complexity index is 2110. The van der Waals surface area contributed by atoms with Crippen molar-refractivity contribution in [2.24, 2.45) is 23.2 Å². The Morgan fingerprint density at radius 1 is 0.897 bits per heavy atom. The molecular weight excluding hydrogens is 746 g/mol. The van der Waals surface area contributed by atoms with Crippen molar-refractivity contribution in [2.75, 3.05) is 6.61 Å². The number of aliphatic hydroxyl groups is 3. The summed E-state index contributed by atoms with van der Waals surface area (Å²) in [6.45, 7) is 7.58. The number of carbonyl (C=O) groups is 5. The molecule has 1 amide bonds. The molecule has 13 heteroatoms.